The van der Waals surface area contributed by atoms with E-state index in [1.807, 2.05) is 31.0 Å². The quantitative estimate of drug-likeness (QED) is 0.580. The summed E-state index contributed by atoms with van der Waals surface area (Å²) in [6.45, 7) is 2.21. The van der Waals surface area contributed by atoms with Gasteiger partial charge in [-0.2, -0.15) is 0 Å². The number of hydrogen-bond acceptors (Lipinski definition) is 8. The minimum absolute atomic E-state index is 0.0471. The number of halogens is 1. The molecule has 2 N–H and O–H groups in total. The zero-order valence-corrected chi connectivity index (χ0v) is 18.6. The van der Waals surface area contributed by atoms with Gasteiger partial charge in [-0.1, -0.05) is 0 Å². The highest BCUT2D eigenvalue weighted by atomic mass is 19.1. The van der Waals surface area contributed by atoms with E-state index in [9.17, 15) is 9.18 Å². The third kappa shape index (κ3) is 4.43. The number of likely N-dealkylation sites (tertiary alicyclic amines) is 1. The van der Waals surface area contributed by atoms with E-state index in [2.05, 4.69) is 25.6 Å². The molecule has 0 radical (unpaired) electrons. The number of benzene rings is 1. The number of hydrogen-bond donors (Lipinski definition) is 2. The second-order valence-corrected chi connectivity index (χ2v) is 8.60. The van der Waals surface area contributed by atoms with E-state index >= 15 is 0 Å². The van der Waals surface area contributed by atoms with Crippen LogP contribution in [0.25, 0.3) is 22.2 Å². The normalized spacial score (nSPS) is 24.0. The summed E-state index contributed by atoms with van der Waals surface area (Å²) >= 11 is 0. The van der Waals surface area contributed by atoms with E-state index in [-0.39, 0.29) is 31.1 Å². The van der Waals surface area contributed by atoms with Gasteiger partial charge in [-0.3, -0.25) is 14.7 Å². The molecule has 5 rings (SSSR count). The van der Waals surface area contributed by atoms with Crippen molar-refractivity contribution in [1.82, 2.24) is 30.2 Å². The van der Waals surface area contributed by atoms with Gasteiger partial charge in [0.2, 0.25) is 5.91 Å². The lowest BCUT2D eigenvalue weighted by atomic mass is 9.97. The van der Waals surface area contributed by atoms with Crippen molar-refractivity contribution in [3.8, 4) is 16.9 Å². The Hall–Kier alpha value is -3.40. The SMILES string of the molecule is Cc1ncc(-c2ccc3ncc4nc3c2OCC(F)CNC(=O)[C@@H]2C[C@H](CCN2C)N4)cn1. The molecule has 0 saturated carbocycles. The summed E-state index contributed by atoms with van der Waals surface area (Å²) in [6, 6.07) is 3.43. The van der Waals surface area contributed by atoms with Crippen molar-refractivity contribution in [2.45, 2.75) is 38.0 Å². The maximum absolute atomic E-state index is 14.8. The summed E-state index contributed by atoms with van der Waals surface area (Å²) in [5.41, 5.74) is 2.62. The summed E-state index contributed by atoms with van der Waals surface area (Å²) in [6.07, 6.45) is 5.16. The van der Waals surface area contributed by atoms with Crippen molar-refractivity contribution in [2.24, 2.45) is 0 Å². The fraction of sp³-hybridized carbons (Fsp3) is 0.435. The van der Waals surface area contributed by atoms with Gasteiger partial charge < -0.3 is 15.4 Å². The Labute approximate surface area is 190 Å². The number of nitrogens with zero attached hydrogens (tertiary/aromatic N) is 5. The lowest BCUT2D eigenvalue weighted by Gasteiger charge is -2.36. The molecule has 0 spiro atoms. The van der Waals surface area contributed by atoms with Crippen LogP contribution in [0.15, 0.2) is 30.7 Å². The molecule has 1 saturated heterocycles. The predicted octanol–water partition coefficient (Wildman–Crippen LogP) is 2.12. The molecule has 3 aromatic rings. The van der Waals surface area contributed by atoms with Crippen LogP contribution < -0.4 is 15.4 Å². The zero-order chi connectivity index (χ0) is 22.9. The number of piperidine rings is 1. The van der Waals surface area contributed by atoms with Gasteiger partial charge in [-0.15, -0.1) is 0 Å². The van der Waals surface area contributed by atoms with Crippen molar-refractivity contribution < 1.29 is 13.9 Å². The summed E-state index contributed by atoms with van der Waals surface area (Å²) in [7, 11) is 1.91. The van der Waals surface area contributed by atoms with Crippen molar-refractivity contribution in [1.29, 1.82) is 0 Å². The number of amides is 1. The number of likely N-dealkylation sites (N-methyl/N-ethyl adjacent to an activating group) is 1. The molecule has 0 aliphatic carbocycles. The first-order valence-electron chi connectivity index (χ1n) is 11.1. The first-order valence-corrected chi connectivity index (χ1v) is 11.1. The molecule has 33 heavy (non-hydrogen) atoms. The molecule has 2 aliphatic rings. The summed E-state index contributed by atoms with van der Waals surface area (Å²) in [4.78, 5) is 32.6. The molecule has 1 amide bonds. The van der Waals surface area contributed by atoms with Crippen molar-refractivity contribution >= 4 is 22.8 Å². The number of nitrogens with one attached hydrogen (secondary N) is 2. The van der Waals surface area contributed by atoms with E-state index in [1.165, 1.54) is 0 Å². The minimum atomic E-state index is -1.38. The molecule has 9 nitrogen and oxygen atoms in total. The van der Waals surface area contributed by atoms with E-state index in [0.717, 1.165) is 18.5 Å². The molecular formula is C23H26FN7O2. The van der Waals surface area contributed by atoms with Crippen LogP contribution in [0.5, 0.6) is 5.75 Å². The average Bonchev–Trinajstić information content (AvgIpc) is 2.82. The molecule has 1 aromatic carbocycles. The van der Waals surface area contributed by atoms with Gasteiger partial charge in [0, 0.05) is 36.1 Å². The van der Waals surface area contributed by atoms with Crippen LogP contribution in [0.2, 0.25) is 0 Å². The van der Waals surface area contributed by atoms with Gasteiger partial charge in [0.15, 0.2) is 11.9 Å². The number of anilines is 1. The van der Waals surface area contributed by atoms with Gasteiger partial charge in [0.25, 0.3) is 0 Å². The van der Waals surface area contributed by atoms with E-state index in [1.54, 1.807) is 18.6 Å². The Balaban J connectivity index is 1.59. The zero-order valence-electron chi connectivity index (χ0n) is 18.6. The number of ether oxygens (including phenoxy) is 1. The monoisotopic (exact) mass is 451 g/mol. The third-order valence-corrected chi connectivity index (χ3v) is 6.19. The number of aryl methyl sites for hydroxylation is 1. The first kappa shape index (κ1) is 21.4. The molecule has 172 valence electrons. The fourth-order valence-corrected chi connectivity index (χ4v) is 4.32. The topological polar surface area (TPSA) is 105 Å². The van der Waals surface area contributed by atoms with Gasteiger partial charge in [-0.05, 0) is 38.9 Å². The summed E-state index contributed by atoms with van der Waals surface area (Å²) in [5, 5.41) is 6.18. The fourth-order valence-electron chi connectivity index (χ4n) is 4.32. The van der Waals surface area contributed by atoms with Gasteiger partial charge >= 0.3 is 0 Å². The summed E-state index contributed by atoms with van der Waals surface area (Å²) in [5.74, 6) is 1.48. The van der Waals surface area contributed by atoms with Crippen LogP contribution in [0.3, 0.4) is 0 Å². The number of rotatable bonds is 1. The van der Waals surface area contributed by atoms with E-state index in [0.29, 0.717) is 40.4 Å². The predicted molar refractivity (Wildman–Crippen MR) is 122 cm³/mol. The van der Waals surface area contributed by atoms with Gasteiger partial charge in [0.1, 0.15) is 23.8 Å². The molecular weight excluding hydrogens is 425 g/mol. The molecule has 4 bridgehead atoms. The van der Waals surface area contributed by atoms with Crippen LogP contribution in [-0.4, -0.2) is 75.7 Å². The smallest absolute Gasteiger partial charge is 0.237 e. The molecule has 1 unspecified atom stereocenters. The Bertz CT molecular complexity index is 1170. The van der Waals surface area contributed by atoms with Gasteiger partial charge in [0.05, 0.1) is 24.3 Å². The average molecular weight is 452 g/mol. The van der Waals surface area contributed by atoms with Crippen LogP contribution in [0.4, 0.5) is 10.2 Å². The Kier molecular flexibility index (Phi) is 5.76. The third-order valence-electron chi connectivity index (χ3n) is 6.19. The van der Waals surface area contributed by atoms with Crippen LogP contribution >= 0.6 is 0 Å². The summed E-state index contributed by atoms with van der Waals surface area (Å²) < 4.78 is 20.7. The Morgan fingerprint density at radius 1 is 1.18 bits per heavy atom. The van der Waals surface area contributed by atoms with Crippen molar-refractivity contribution in [3.05, 3.63) is 36.5 Å². The molecule has 10 heteroatoms. The maximum Gasteiger partial charge on any atom is 0.237 e. The molecule has 2 aromatic heterocycles. The number of aromatic nitrogens is 4. The van der Waals surface area contributed by atoms with Crippen LogP contribution in [0.1, 0.15) is 18.7 Å². The van der Waals surface area contributed by atoms with E-state index in [4.69, 9.17) is 9.72 Å². The van der Waals surface area contributed by atoms with Gasteiger partial charge in [-0.25, -0.2) is 19.3 Å². The highest BCUT2D eigenvalue weighted by molar-refractivity contribution is 5.90. The highest BCUT2D eigenvalue weighted by Crippen LogP contribution is 2.36. The number of carbonyl (C=O) groups is 1. The standard InChI is InChI=1S/C23H26FN7O2/c1-13-25-8-14(9-26-13)17-3-4-18-21-22(17)33-12-15(24)10-28-23(32)19-7-16(5-6-31(19)2)29-20(30-21)11-27-18/h3-4,8-9,11,15-16,19H,5-7,10,12H2,1-2H3,(H,28,32)(H,29,30)/t15?,16-,19-/m0/s1. The van der Waals surface area contributed by atoms with E-state index < -0.39 is 6.17 Å². The second-order valence-electron chi connectivity index (χ2n) is 8.60. The highest BCUT2D eigenvalue weighted by Gasteiger charge is 2.32. The van der Waals surface area contributed by atoms with Crippen molar-refractivity contribution in [3.63, 3.8) is 0 Å². The Morgan fingerprint density at radius 2 is 2.00 bits per heavy atom. The Morgan fingerprint density at radius 3 is 2.82 bits per heavy atom. The number of fused-ring (bicyclic) bond motifs is 3. The lowest BCUT2D eigenvalue weighted by Crippen LogP contribution is -2.53. The number of alkyl halides is 1. The van der Waals surface area contributed by atoms with Crippen LogP contribution in [-0.2, 0) is 4.79 Å². The number of carbonyl (C=O) groups excluding carboxylic acids is 1. The lowest BCUT2D eigenvalue weighted by molar-refractivity contribution is -0.127. The maximum atomic E-state index is 14.8. The molecule has 2 aliphatic heterocycles. The molecule has 1 fully saturated rings. The molecule has 3 atom stereocenters. The second kappa shape index (κ2) is 8.86. The van der Waals surface area contributed by atoms with Crippen LogP contribution in [0, 0.1) is 6.92 Å². The van der Waals surface area contributed by atoms with Crippen molar-refractivity contribution in [2.75, 3.05) is 32.1 Å². The molecule has 4 heterocycles. The minimum Gasteiger partial charge on any atom is -0.487 e. The first-order chi connectivity index (χ1) is 16.0. The largest absolute Gasteiger partial charge is 0.487 e.